The van der Waals surface area contributed by atoms with Crippen molar-refractivity contribution in [2.45, 2.75) is 46.2 Å². The van der Waals surface area contributed by atoms with Crippen LogP contribution in [0, 0.1) is 20.8 Å². The zero-order chi connectivity index (χ0) is 25.2. The number of hydrogen-bond donors (Lipinski definition) is 2. The summed E-state index contributed by atoms with van der Waals surface area (Å²) in [5.41, 5.74) is 11.4. The third kappa shape index (κ3) is 5.34. The number of aryl methyl sites for hydroxylation is 3. The van der Waals surface area contributed by atoms with Gasteiger partial charge in [-0.2, -0.15) is 4.98 Å². The predicted octanol–water partition coefficient (Wildman–Crippen LogP) is 5.58. The molecule has 1 aliphatic rings. The third-order valence-corrected chi connectivity index (χ3v) is 7.53. The van der Waals surface area contributed by atoms with Crippen LogP contribution in [0.15, 0.2) is 47.8 Å². The van der Waals surface area contributed by atoms with Gasteiger partial charge in [0.1, 0.15) is 10.4 Å². The zero-order valence-electron chi connectivity index (χ0n) is 20.9. The molecule has 7 nitrogen and oxygen atoms in total. The quantitative estimate of drug-likeness (QED) is 0.343. The Balaban J connectivity index is 1.25. The van der Waals surface area contributed by atoms with E-state index in [0.717, 1.165) is 59.6 Å². The number of carbonyl (C=O) groups is 1. The average Bonchev–Trinajstić information content (AvgIpc) is 3.32. The Morgan fingerprint density at radius 3 is 2.44 bits per heavy atom. The molecular weight excluding hydrogens is 470 g/mol. The molecule has 2 aromatic carbocycles. The molecule has 1 amide bonds. The Kier molecular flexibility index (Phi) is 6.89. The number of nitrogens with two attached hydrogens (primary N) is 1. The Morgan fingerprint density at radius 1 is 1.08 bits per heavy atom. The first-order valence-electron chi connectivity index (χ1n) is 12.2. The van der Waals surface area contributed by atoms with E-state index in [1.807, 2.05) is 23.6 Å². The monoisotopic (exact) mass is 501 g/mol. The average molecular weight is 502 g/mol. The van der Waals surface area contributed by atoms with Crippen molar-refractivity contribution in [3.8, 4) is 11.6 Å². The molecule has 1 saturated heterocycles. The van der Waals surface area contributed by atoms with Gasteiger partial charge in [-0.3, -0.25) is 9.69 Å². The van der Waals surface area contributed by atoms with Gasteiger partial charge < -0.3 is 15.8 Å². The molecule has 0 radical (unpaired) electrons. The number of likely N-dealkylation sites (tertiary alicyclic amines) is 1. The maximum atomic E-state index is 11.3. The molecule has 0 aliphatic carbocycles. The Morgan fingerprint density at radius 2 is 1.78 bits per heavy atom. The molecule has 3 N–H and O–H groups in total. The number of anilines is 1. The summed E-state index contributed by atoms with van der Waals surface area (Å²) in [6, 6.07) is 14.1. The number of thiophene rings is 1. The summed E-state index contributed by atoms with van der Waals surface area (Å²) < 4.78 is 7.34. The van der Waals surface area contributed by atoms with Crippen molar-refractivity contribution in [3.63, 3.8) is 0 Å². The van der Waals surface area contributed by atoms with E-state index >= 15 is 0 Å². The lowest BCUT2D eigenvalue weighted by Gasteiger charge is -2.32. The number of nitrogens with one attached hydrogen (secondary N) is 1. The van der Waals surface area contributed by atoms with Crippen LogP contribution in [-0.4, -0.2) is 39.9 Å². The molecular formula is C28H31N5O2S. The first-order chi connectivity index (χ1) is 17.4. The SMILES string of the molecule is Cc1cc(C)c(Oc2nc(NC3CCN(Cc4ccc(C(N)=O)cc4)CC3)nc3ccsc23)c(C)c1. The fourth-order valence-electron chi connectivity index (χ4n) is 4.85. The zero-order valence-corrected chi connectivity index (χ0v) is 21.7. The van der Waals surface area contributed by atoms with Crippen LogP contribution >= 0.6 is 11.3 Å². The van der Waals surface area contributed by atoms with Gasteiger partial charge in [-0.05, 0) is 73.9 Å². The summed E-state index contributed by atoms with van der Waals surface area (Å²) in [6.45, 7) is 9.04. The fourth-order valence-corrected chi connectivity index (χ4v) is 5.60. The third-order valence-electron chi connectivity index (χ3n) is 6.64. The van der Waals surface area contributed by atoms with Crippen molar-refractivity contribution < 1.29 is 9.53 Å². The van der Waals surface area contributed by atoms with Gasteiger partial charge in [-0.15, -0.1) is 11.3 Å². The molecule has 0 spiro atoms. The van der Waals surface area contributed by atoms with Crippen molar-refractivity contribution in [2.24, 2.45) is 5.73 Å². The summed E-state index contributed by atoms with van der Waals surface area (Å²) in [6.07, 6.45) is 1.99. The normalized spacial score (nSPS) is 14.8. The van der Waals surface area contributed by atoms with Gasteiger partial charge in [0, 0.05) is 31.2 Å². The summed E-state index contributed by atoms with van der Waals surface area (Å²) in [4.78, 5) is 23.3. The Bertz CT molecular complexity index is 1370. The first-order valence-corrected chi connectivity index (χ1v) is 13.1. The summed E-state index contributed by atoms with van der Waals surface area (Å²) in [7, 11) is 0. The van der Waals surface area contributed by atoms with Gasteiger partial charge in [0.25, 0.3) is 0 Å². The van der Waals surface area contributed by atoms with Gasteiger partial charge in [-0.25, -0.2) is 4.98 Å². The van der Waals surface area contributed by atoms with Crippen LogP contribution in [0.3, 0.4) is 0 Å². The van der Waals surface area contributed by atoms with Gasteiger partial charge in [-0.1, -0.05) is 29.8 Å². The lowest BCUT2D eigenvalue weighted by Crippen LogP contribution is -2.39. The van der Waals surface area contributed by atoms with Gasteiger partial charge in [0.2, 0.25) is 17.7 Å². The van der Waals surface area contributed by atoms with E-state index < -0.39 is 5.91 Å². The van der Waals surface area contributed by atoms with E-state index in [0.29, 0.717) is 23.4 Å². The molecule has 1 aliphatic heterocycles. The van der Waals surface area contributed by atoms with Crippen LogP contribution in [0.5, 0.6) is 11.6 Å². The van der Waals surface area contributed by atoms with Crippen molar-refractivity contribution in [1.29, 1.82) is 0 Å². The predicted molar refractivity (Wildman–Crippen MR) is 145 cm³/mol. The Labute approximate surface area is 215 Å². The van der Waals surface area contributed by atoms with Crippen molar-refractivity contribution in [2.75, 3.05) is 18.4 Å². The van der Waals surface area contributed by atoms with Crippen LogP contribution in [0.2, 0.25) is 0 Å². The highest BCUT2D eigenvalue weighted by atomic mass is 32.1. The van der Waals surface area contributed by atoms with Crippen molar-refractivity contribution >= 4 is 33.4 Å². The number of primary amides is 1. The standard InChI is InChI=1S/C28H31N5O2S/c1-17-14-18(2)24(19(3)15-17)35-27-25-23(10-13-36-25)31-28(32-27)30-22-8-11-33(12-9-22)16-20-4-6-21(7-5-20)26(29)34/h4-7,10,13-15,22H,8-9,11-12,16H2,1-3H3,(H2,29,34)(H,30,31,32). The number of piperidine rings is 1. The van der Waals surface area contributed by atoms with Gasteiger partial charge >= 0.3 is 0 Å². The molecule has 4 aromatic rings. The minimum Gasteiger partial charge on any atom is -0.437 e. The molecule has 0 unspecified atom stereocenters. The maximum absolute atomic E-state index is 11.3. The van der Waals surface area contributed by atoms with Crippen molar-refractivity contribution in [1.82, 2.24) is 14.9 Å². The number of nitrogens with zero attached hydrogens (tertiary/aromatic N) is 3. The fraction of sp³-hybridized carbons (Fsp3) is 0.321. The number of fused-ring (bicyclic) bond motifs is 1. The highest BCUT2D eigenvalue weighted by Crippen LogP contribution is 2.35. The molecule has 0 saturated carbocycles. The van der Waals surface area contributed by atoms with Gasteiger partial charge in [0.15, 0.2) is 0 Å². The number of benzene rings is 2. The second-order valence-electron chi connectivity index (χ2n) is 9.57. The van der Waals surface area contributed by atoms with Crippen molar-refractivity contribution in [3.05, 3.63) is 75.7 Å². The summed E-state index contributed by atoms with van der Waals surface area (Å²) in [5, 5.41) is 5.58. The first kappa shape index (κ1) is 24.2. The topological polar surface area (TPSA) is 93.4 Å². The van der Waals surface area contributed by atoms with E-state index in [1.165, 1.54) is 11.1 Å². The van der Waals surface area contributed by atoms with E-state index in [9.17, 15) is 4.79 Å². The number of rotatable bonds is 7. The van der Waals surface area contributed by atoms with Gasteiger partial charge in [0.05, 0.1) is 5.52 Å². The number of aromatic nitrogens is 2. The molecule has 5 rings (SSSR count). The van der Waals surface area contributed by atoms with E-state index in [1.54, 1.807) is 23.5 Å². The molecule has 0 bridgehead atoms. The van der Waals surface area contributed by atoms with E-state index in [-0.39, 0.29) is 0 Å². The smallest absolute Gasteiger partial charge is 0.248 e. The van der Waals surface area contributed by atoms with Crippen LogP contribution in [0.25, 0.3) is 10.2 Å². The van der Waals surface area contributed by atoms with E-state index in [4.69, 9.17) is 20.4 Å². The lowest BCUT2D eigenvalue weighted by atomic mass is 10.0. The highest BCUT2D eigenvalue weighted by molar-refractivity contribution is 7.17. The highest BCUT2D eigenvalue weighted by Gasteiger charge is 2.21. The molecule has 3 heterocycles. The second kappa shape index (κ2) is 10.2. The summed E-state index contributed by atoms with van der Waals surface area (Å²) in [5.74, 6) is 1.68. The molecule has 8 heteroatoms. The van der Waals surface area contributed by atoms with Crippen LogP contribution in [-0.2, 0) is 6.54 Å². The molecule has 0 atom stereocenters. The molecule has 36 heavy (non-hydrogen) atoms. The lowest BCUT2D eigenvalue weighted by molar-refractivity contribution is 0.1000. The minimum atomic E-state index is -0.394. The largest absolute Gasteiger partial charge is 0.437 e. The van der Waals surface area contributed by atoms with Crippen LogP contribution in [0.1, 0.15) is 45.5 Å². The number of ether oxygens (including phenoxy) is 1. The molecule has 2 aromatic heterocycles. The maximum Gasteiger partial charge on any atom is 0.248 e. The number of hydrogen-bond acceptors (Lipinski definition) is 7. The van der Waals surface area contributed by atoms with Crippen LogP contribution < -0.4 is 15.8 Å². The second-order valence-corrected chi connectivity index (χ2v) is 10.5. The number of amides is 1. The minimum absolute atomic E-state index is 0.297. The van der Waals surface area contributed by atoms with E-state index in [2.05, 4.69) is 43.1 Å². The Hall–Kier alpha value is -3.49. The van der Waals surface area contributed by atoms with Crippen LogP contribution in [0.4, 0.5) is 5.95 Å². The molecule has 1 fully saturated rings. The molecule has 186 valence electrons. The summed E-state index contributed by atoms with van der Waals surface area (Å²) >= 11 is 1.60. The number of carbonyl (C=O) groups excluding carboxylic acids is 1.